The molecule has 4 nitrogen and oxygen atoms in total. The molecule has 1 heterocycles. The van der Waals surface area contributed by atoms with Gasteiger partial charge in [-0.25, -0.2) is 4.99 Å². The SMILES string of the molecule is C/C(N)=N\c1nnc(-c2ccccc2C)s1. The summed E-state index contributed by atoms with van der Waals surface area (Å²) in [6.45, 7) is 3.78. The van der Waals surface area contributed by atoms with Gasteiger partial charge in [-0.2, -0.15) is 0 Å². The van der Waals surface area contributed by atoms with Crippen LogP contribution in [0.25, 0.3) is 10.6 Å². The molecule has 1 aromatic carbocycles. The van der Waals surface area contributed by atoms with Gasteiger partial charge in [0.25, 0.3) is 0 Å². The van der Waals surface area contributed by atoms with Crippen LogP contribution < -0.4 is 5.73 Å². The Morgan fingerprint density at radius 2 is 2.06 bits per heavy atom. The van der Waals surface area contributed by atoms with E-state index in [0.717, 1.165) is 10.6 Å². The van der Waals surface area contributed by atoms with E-state index in [1.54, 1.807) is 6.92 Å². The maximum Gasteiger partial charge on any atom is 0.233 e. The first-order valence-electron chi connectivity index (χ1n) is 4.87. The number of rotatable bonds is 2. The smallest absolute Gasteiger partial charge is 0.233 e. The first-order chi connectivity index (χ1) is 7.66. The molecule has 82 valence electrons. The molecule has 0 aliphatic heterocycles. The molecular weight excluding hydrogens is 220 g/mol. The second-order valence-corrected chi connectivity index (χ2v) is 4.41. The molecule has 5 heteroatoms. The lowest BCUT2D eigenvalue weighted by atomic mass is 10.1. The summed E-state index contributed by atoms with van der Waals surface area (Å²) in [6, 6.07) is 8.07. The van der Waals surface area contributed by atoms with Crippen LogP contribution in [0, 0.1) is 6.92 Å². The van der Waals surface area contributed by atoms with Gasteiger partial charge in [0.05, 0.1) is 5.84 Å². The van der Waals surface area contributed by atoms with Crippen LogP contribution in [0.15, 0.2) is 29.3 Å². The zero-order chi connectivity index (χ0) is 11.5. The maximum absolute atomic E-state index is 5.49. The number of amidine groups is 1. The molecule has 0 radical (unpaired) electrons. The maximum atomic E-state index is 5.49. The van der Waals surface area contributed by atoms with Gasteiger partial charge >= 0.3 is 0 Å². The standard InChI is InChI=1S/C11H12N4S/c1-7-5-3-4-6-9(7)10-14-15-11(16-10)13-8(2)12/h3-6H,1-2H3,(H2,12,13,15). The van der Waals surface area contributed by atoms with Gasteiger partial charge in [-0.15, -0.1) is 10.2 Å². The minimum absolute atomic E-state index is 0.493. The lowest BCUT2D eigenvalue weighted by molar-refractivity contribution is 1.08. The molecule has 0 aliphatic carbocycles. The first-order valence-corrected chi connectivity index (χ1v) is 5.69. The molecule has 16 heavy (non-hydrogen) atoms. The monoisotopic (exact) mass is 232 g/mol. The summed E-state index contributed by atoms with van der Waals surface area (Å²) >= 11 is 1.44. The van der Waals surface area contributed by atoms with E-state index in [4.69, 9.17) is 5.73 Å². The van der Waals surface area contributed by atoms with Gasteiger partial charge in [-0.05, 0) is 19.4 Å². The molecule has 0 saturated heterocycles. The molecule has 1 aromatic heterocycles. The zero-order valence-corrected chi connectivity index (χ0v) is 9.95. The van der Waals surface area contributed by atoms with Crippen LogP contribution in [0.4, 0.5) is 5.13 Å². The van der Waals surface area contributed by atoms with Crippen molar-refractivity contribution in [1.82, 2.24) is 10.2 Å². The number of nitrogens with two attached hydrogens (primary N) is 1. The fourth-order valence-corrected chi connectivity index (χ4v) is 2.20. The van der Waals surface area contributed by atoms with E-state index in [0.29, 0.717) is 11.0 Å². The van der Waals surface area contributed by atoms with Crippen LogP contribution in [-0.2, 0) is 0 Å². The van der Waals surface area contributed by atoms with Gasteiger partial charge in [0.15, 0.2) is 0 Å². The number of nitrogens with zero attached hydrogens (tertiary/aromatic N) is 3. The molecule has 0 amide bonds. The highest BCUT2D eigenvalue weighted by Gasteiger charge is 2.07. The topological polar surface area (TPSA) is 64.2 Å². The number of benzene rings is 1. The van der Waals surface area contributed by atoms with E-state index >= 15 is 0 Å². The highest BCUT2D eigenvalue weighted by Crippen LogP contribution is 2.29. The van der Waals surface area contributed by atoms with Crippen LogP contribution in [0.5, 0.6) is 0 Å². The molecule has 0 spiro atoms. The average Bonchev–Trinajstić information content (AvgIpc) is 2.66. The van der Waals surface area contributed by atoms with Crippen LogP contribution in [-0.4, -0.2) is 16.0 Å². The summed E-state index contributed by atoms with van der Waals surface area (Å²) in [5.74, 6) is 0.493. The van der Waals surface area contributed by atoms with Crippen molar-refractivity contribution in [2.45, 2.75) is 13.8 Å². The van der Waals surface area contributed by atoms with E-state index in [2.05, 4.69) is 15.2 Å². The predicted octanol–water partition coefficient (Wildman–Crippen LogP) is 2.52. The summed E-state index contributed by atoms with van der Waals surface area (Å²) in [7, 11) is 0. The number of aliphatic imine (C=N–C) groups is 1. The van der Waals surface area contributed by atoms with Crippen molar-refractivity contribution in [3.05, 3.63) is 29.8 Å². The van der Waals surface area contributed by atoms with Gasteiger partial charge < -0.3 is 5.73 Å². The number of aryl methyl sites for hydroxylation is 1. The molecule has 0 unspecified atom stereocenters. The third kappa shape index (κ3) is 2.25. The van der Waals surface area contributed by atoms with Gasteiger partial charge in [0.2, 0.25) is 5.13 Å². The first kappa shape index (κ1) is 10.8. The molecule has 0 fully saturated rings. The lowest BCUT2D eigenvalue weighted by Crippen LogP contribution is -2.03. The van der Waals surface area contributed by atoms with Gasteiger partial charge in [-0.1, -0.05) is 35.6 Å². The van der Waals surface area contributed by atoms with Crippen molar-refractivity contribution in [2.24, 2.45) is 10.7 Å². The summed E-state index contributed by atoms with van der Waals surface area (Å²) in [4.78, 5) is 4.07. The van der Waals surface area contributed by atoms with Gasteiger partial charge in [-0.3, -0.25) is 0 Å². The highest BCUT2D eigenvalue weighted by molar-refractivity contribution is 7.18. The van der Waals surface area contributed by atoms with Crippen molar-refractivity contribution in [3.8, 4) is 10.6 Å². The molecule has 0 atom stereocenters. The fraction of sp³-hybridized carbons (Fsp3) is 0.182. The summed E-state index contributed by atoms with van der Waals surface area (Å²) in [5.41, 5.74) is 7.76. The molecule has 0 bridgehead atoms. The lowest BCUT2D eigenvalue weighted by Gasteiger charge is -1.98. The summed E-state index contributed by atoms with van der Waals surface area (Å²) in [5, 5.41) is 9.55. The van der Waals surface area contributed by atoms with Crippen molar-refractivity contribution in [1.29, 1.82) is 0 Å². The van der Waals surface area contributed by atoms with E-state index in [1.807, 2.05) is 31.2 Å². The normalized spacial score (nSPS) is 11.8. The Labute approximate surface area is 97.9 Å². The predicted molar refractivity (Wildman–Crippen MR) is 67.0 cm³/mol. The number of hydrogen-bond donors (Lipinski definition) is 1. The second-order valence-electron chi connectivity index (χ2n) is 3.46. The quantitative estimate of drug-likeness (QED) is 0.639. The second kappa shape index (κ2) is 4.40. The number of aromatic nitrogens is 2. The minimum Gasteiger partial charge on any atom is -0.387 e. The van der Waals surface area contributed by atoms with Gasteiger partial charge in [0.1, 0.15) is 5.01 Å². The van der Waals surface area contributed by atoms with Crippen LogP contribution in [0.1, 0.15) is 12.5 Å². The largest absolute Gasteiger partial charge is 0.387 e. The fourth-order valence-electron chi connectivity index (χ4n) is 1.33. The van der Waals surface area contributed by atoms with Crippen LogP contribution in [0.2, 0.25) is 0 Å². The Bertz CT molecular complexity index is 526. The van der Waals surface area contributed by atoms with Gasteiger partial charge in [0, 0.05) is 5.56 Å². The van der Waals surface area contributed by atoms with Crippen molar-refractivity contribution < 1.29 is 0 Å². The zero-order valence-electron chi connectivity index (χ0n) is 9.14. The van der Waals surface area contributed by atoms with Crippen molar-refractivity contribution in [3.63, 3.8) is 0 Å². The molecule has 2 N–H and O–H groups in total. The summed E-state index contributed by atoms with van der Waals surface area (Å²) < 4.78 is 0. The van der Waals surface area contributed by atoms with E-state index < -0.39 is 0 Å². The molecule has 0 saturated carbocycles. The van der Waals surface area contributed by atoms with E-state index in [1.165, 1.54) is 16.9 Å². The molecule has 2 aromatic rings. The van der Waals surface area contributed by atoms with Crippen LogP contribution in [0.3, 0.4) is 0 Å². The van der Waals surface area contributed by atoms with Crippen molar-refractivity contribution >= 4 is 22.3 Å². The van der Waals surface area contributed by atoms with Crippen molar-refractivity contribution in [2.75, 3.05) is 0 Å². The Kier molecular flexibility index (Phi) is 2.96. The minimum atomic E-state index is 0.493. The Balaban J connectivity index is 2.39. The Morgan fingerprint density at radius 3 is 2.75 bits per heavy atom. The molecule has 0 aliphatic rings. The highest BCUT2D eigenvalue weighted by atomic mass is 32.1. The van der Waals surface area contributed by atoms with Crippen LogP contribution >= 0.6 is 11.3 Å². The molecular formula is C11H12N4S. The van der Waals surface area contributed by atoms with E-state index in [-0.39, 0.29) is 0 Å². The van der Waals surface area contributed by atoms with E-state index in [9.17, 15) is 0 Å². The Morgan fingerprint density at radius 1 is 1.31 bits per heavy atom. The third-order valence-electron chi connectivity index (χ3n) is 2.06. The molecule has 2 rings (SSSR count). The summed E-state index contributed by atoms with van der Waals surface area (Å²) in [6.07, 6.45) is 0. The number of hydrogen-bond acceptors (Lipinski definition) is 4. The third-order valence-corrected chi connectivity index (χ3v) is 2.91. The average molecular weight is 232 g/mol. The Hall–Kier alpha value is -1.75.